The molecule has 1 N–H and O–H groups in total. The van der Waals surface area contributed by atoms with E-state index in [1.165, 1.54) is 49.6 Å². The van der Waals surface area contributed by atoms with Gasteiger partial charge < -0.3 is 15.0 Å². The van der Waals surface area contributed by atoms with Gasteiger partial charge in [0.1, 0.15) is 5.76 Å². The fourth-order valence-electron chi connectivity index (χ4n) is 7.28. The number of carbonyl (C=O) groups excluding carboxylic acids is 1. The van der Waals surface area contributed by atoms with Crippen molar-refractivity contribution in [1.82, 2.24) is 4.98 Å². The van der Waals surface area contributed by atoms with Crippen LogP contribution in [-0.2, 0) is 24.9 Å². The number of alkyl halides is 2. The van der Waals surface area contributed by atoms with E-state index in [0.717, 1.165) is 16.9 Å². The molecule has 4 nitrogen and oxygen atoms in total. The van der Waals surface area contributed by atoms with Crippen molar-refractivity contribution in [2.24, 2.45) is 0 Å². The zero-order valence-electron chi connectivity index (χ0n) is 33.8. The van der Waals surface area contributed by atoms with Crippen molar-refractivity contribution in [3.8, 4) is 33.5 Å². The second-order valence-electron chi connectivity index (χ2n) is 15.5. The molecule has 1 aromatic heterocycles. The molecule has 0 aliphatic carbocycles. The number of anilines is 3. The average Bonchev–Trinajstić information content (AvgIpc) is 3.34. The van der Waals surface area contributed by atoms with Crippen LogP contribution in [0.25, 0.3) is 44.3 Å². The number of rotatable bonds is 10. The van der Waals surface area contributed by atoms with Gasteiger partial charge in [-0.25, -0.2) is 8.78 Å². The number of fused-ring (bicyclic) bond motifs is 6. The Hall–Kier alpha value is -4.75. The van der Waals surface area contributed by atoms with Gasteiger partial charge in [0, 0.05) is 43.6 Å². The monoisotopic (exact) mass is 958 g/mol. The number of aliphatic hydroxyl groups excluding tert-OH is 1. The molecule has 0 bridgehead atoms. The van der Waals surface area contributed by atoms with Gasteiger partial charge in [0.05, 0.1) is 19.4 Å². The van der Waals surface area contributed by atoms with Crippen LogP contribution < -0.4 is 10.1 Å². The van der Waals surface area contributed by atoms with Crippen molar-refractivity contribution in [2.75, 3.05) is 4.90 Å². The van der Waals surface area contributed by atoms with Crippen molar-refractivity contribution < 1.29 is 38.8 Å². The average molecular weight is 958 g/mol. The number of carbonyl (C=O) groups is 1. The summed E-state index contributed by atoms with van der Waals surface area (Å²) in [4.78, 5) is 19.0. The fraction of sp³-hybridized carbons (Fsp3) is 0.265. The molecule has 57 heavy (non-hydrogen) atoms. The molecule has 0 unspecified atom stereocenters. The van der Waals surface area contributed by atoms with Gasteiger partial charge in [-0.3, -0.25) is 4.79 Å². The van der Waals surface area contributed by atoms with Crippen LogP contribution in [0.4, 0.5) is 25.8 Å². The largest absolute Gasteiger partial charge is 0.509 e. The maximum Gasteiger partial charge on any atom is 0.196 e. The third-order valence-electron chi connectivity index (χ3n) is 11.1. The Morgan fingerprint density at radius 2 is 1.32 bits per heavy atom. The number of benzene rings is 5. The molecule has 0 amide bonds. The maximum atomic E-state index is 14.0. The smallest absolute Gasteiger partial charge is 0.196 e. The van der Waals surface area contributed by atoms with Gasteiger partial charge in [-0.2, -0.15) is 0 Å². The number of hydrogen-bond acceptors (Lipinski definition) is 4. The normalized spacial score (nSPS) is 12.6. The summed E-state index contributed by atoms with van der Waals surface area (Å²) in [7, 11) is -1.42. The van der Waals surface area contributed by atoms with E-state index in [4.69, 9.17) is 4.98 Å². The molecular weight excluding hydrogens is 907 g/mol. The minimum atomic E-state index is -2.00. The predicted octanol–water partition coefficient (Wildman–Crippen LogP) is 13.4. The third-order valence-corrected chi connectivity index (χ3v) is 13.2. The van der Waals surface area contributed by atoms with Crippen LogP contribution in [0.3, 0.4) is 0 Å². The Balaban J connectivity index is 0.000000295. The number of halogens is 2. The van der Waals surface area contributed by atoms with Gasteiger partial charge >= 0.3 is 0 Å². The molecule has 0 fully saturated rings. The number of hydrogen-bond donors (Lipinski definition) is 1. The van der Waals surface area contributed by atoms with Crippen molar-refractivity contribution in [1.29, 1.82) is 0 Å². The first-order chi connectivity index (χ1) is 26.8. The molecule has 1 radical (unpaired) electrons. The summed E-state index contributed by atoms with van der Waals surface area (Å²) in [6.07, 6.45) is 2.92. The topological polar surface area (TPSA) is 53.4 Å². The molecule has 0 saturated heterocycles. The molecule has 2 heterocycles. The number of pyridine rings is 1. The number of allylic oxidation sites excluding steroid dienone is 2. The van der Waals surface area contributed by atoms with Gasteiger partial charge in [-0.1, -0.05) is 137 Å². The van der Waals surface area contributed by atoms with Crippen LogP contribution >= 0.6 is 0 Å². The Morgan fingerprint density at radius 1 is 0.737 bits per heavy atom. The molecule has 0 saturated carbocycles. The summed E-state index contributed by atoms with van der Waals surface area (Å²) in [6.45, 7) is 13.3. The Morgan fingerprint density at radius 3 is 1.89 bits per heavy atom. The molecule has 7 rings (SSSR count). The molecule has 5 aromatic carbocycles. The quantitative estimate of drug-likeness (QED) is 0.0642. The Labute approximate surface area is 351 Å². The maximum absolute atomic E-state index is 14.0. The summed E-state index contributed by atoms with van der Waals surface area (Å²) < 4.78 is 28.0. The molecule has 1 aliphatic rings. The first kappa shape index (κ1) is 43.4. The zero-order valence-corrected chi connectivity index (χ0v) is 37.2. The van der Waals surface area contributed by atoms with E-state index in [2.05, 4.69) is 146 Å². The van der Waals surface area contributed by atoms with Crippen LogP contribution in [0.5, 0.6) is 0 Å². The number of nitrogens with zero attached hydrogens (tertiary/aromatic N) is 2. The van der Waals surface area contributed by atoms with Crippen LogP contribution in [0.15, 0.2) is 133 Å². The van der Waals surface area contributed by atoms with Crippen LogP contribution in [0, 0.1) is 6.07 Å². The van der Waals surface area contributed by atoms with Crippen molar-refractivity contribution in [2.45, 2.75) is 84.4 Å². The third kappa shape index (κ3) is 8.74. The molecule has 0 atom stereocenters. The van der Waals surface area contributed by atoms with Crippen LogP contribution in [0.2, 0.25) is 19.6 Å². The number of aromatic nitrogens is 1. The minimum Gasteiger partial charge on any atom is -0.509 e. The van der Waals surface area contributed by atoms with E-state index in [1.54, 1.807) is 27.7 Å². The first-order valence-corrected chi connectivity index (χ1v) is 23.1. The standard InChI is InChI=1S/C36H29N2Si.C13H22F2O2.Ir/c1-39(2,3)27-20-21-34(37-24-27)30-18-11-12-25-22-36-33(23-32(25)30)29-16-8-7-15-28(29)31-17-9-10-19-35(31)38(36)26-13-5-4-6-14-26;1-5-12(14,6-2)10(16)9-11(17)13(15,7-3)8-4;/h4-17,19-24H,1-3H3;9,16H,5-8H2,1-4H3;/q-1;;/b;10-9-;. The van der Waals surface area contributed by atoms with Crippen LogP contribution in [-0.4, -0.2) is 35.3 Å². The van der Waals surface area contributed by atoms with E-state index in [1.807, 2.05) is 6.07 Å². The summed E-state index contributed by atoms with van der Waals surface area (Å²) >= 11 is 0. The molecule has 8 heteroatoms. The molecule has 6 aromatic rings. The molecule has 297 valence electrons. The Bertz CT molecular complexity index is 2370. The number of para-hydroxylation sites is 2. The van der Waals surface area contributed by atoms with Gasteiger partial charge in [0.2, 0.25) is 0 Å². The minimum absolute atomic E-state index is 0. The van der Waals surface area contributed by atoms with Crippen molar-refractivity contribution in [3.05, 3.63) is 139 Å². The zero-order chi connectivity index (χ0) is 40.3. The van der Waals surface area contributed by atoms with Gasteiger partial charge in [0.25, 0.3) is 0 Å². The first-order valence-electron chi connectivity index (χ1n) is 19.6. The predicted molar refractivity (Wildman–Crippen MR) is 233 cm³/mol. The van der Waals surface area contributed by atoms with Gasteiger partial charge in [-0.15, -0.1) is 23.8 Å². The summed E-state index contributed by atoms with van der Waals surface area (Å²) in [5.41, 5.74) is 6.48. The summed E-state index contributed by atoms with van der Waals surface area (Å²) in [5.74, 6) is -1.53. The second kappa shape index (κ2) is 17.8. The van der Waals surface area contributed by atoms with Crippen LogP contribution in [0.1, 0.15) is 53.4 Å². The number of aliphatic hydroxyl groups is 1. The summed E-state index contributed by atoms with van der Waals surface area (Å²) in [6, 6.07) is 45.0. The van der Waals surface area contributed by atoms with E-state index >= 15 is 0 Å². The second-order valence-corrected chi connectivity index (χ2v) is 20.5. The molecular formula is C49H51F2IrN2O2Si-. The Kier molecular flexibility index (Phi) is 13.5. The van der Waals surface area contributed by atoms with E-state index < -0.39 is 31.0 Å². The fourth-order valence-corrected chi connectivity index (χ4v) is 8.31. The van der Waals surface area contributed by atoms with Crippen molar-refractivity contribution >= 4 is 46.9 Å². The molecule has 1 aliphatic heterocycles. The number of ketones is 1. The molecule has 0 spiro atoms. The van der Waals surface area contributed by atoms with E-state index in [9.17, 15) is 18.7 Å². The van der Waals surface area contributed by atoms with E-state index in [-0.39, 0.29) is 45.8 Å². The van der Waals surface area contributed by atoms with Crippen molar-refractivity contribution in [3.63, 3.8) is 0 Å². The van der Waals surface area contributed by atoms with Gasteiger partial charge in [-0.05, 0) is 77.5 Å². The van der Waals surface area contributed by atoms with E-state index in [0.29, 0.717) is 6.08 Å². The summed E-state index contributed by atoms with van der Waals surface area (Å²) in [5, 5.41) is 13.3. The van der Waals surface area contributed by atoms with Gasteiger partial charge in [0.15, 0.2) is 17.1 Å². The SMILES string of the molecule is CCC(F)(CC)C(=O)/C=C(\O)C(F)(CC)CC.C[Si](C)(C)c1ccc(-c2[c-]ccc3cc4c(cc23)-c2ccccc2-c2ccccc2N4c2ccccc2)nc1.[Ir].